The number of aryl methyl sites for hydroxylation is 1. The largest absolute Gasteiger partial charge is 0.324 e. The zero-order valence-electron chi connectivity index (χ0n) is 11.6. The van der Waals surface area contributed by atoms with E-state index in [1.165, 1.54) is 29.5 Å². The molecule has 2 N–H and O–H groups in total. The highest BCUT2D eigenvalue weighted by Crippen LogP contribution is 2.33. The Balaban J connectivity index is 1.84. The molecule has 0 saturated carbocycles. The van der Waals surface area contributed by atoms with Gasteiger partial charge in [-0.05, 0) is 60.4 Å². The van der Waals surface area contributed by atoms with Gasteiger partial charge in [0.05, 0.1) is 0 Å². The first-order chi connectivity index (χ1) is 9.74. The molecule has 2 heteroatoms. The molecule has 0 aliphatic heterocycles. The van der Waals surface area contributed by atoms with Crippen LogP contribution in [-0.4, -0.2) is 0 Å². The molecule has 2 unspecified atom stereocenters. The maximum absolute atomic E-state index is 6.54. The molecule has 20 heavy (non-hydrogen) atoms. The predicted octanol–water partition coefficient (Wildman–Crippen LogP) is 4.54. The van der Waals surface area contributed by atoms with E-state index in [1.54, 1.807) is 0 Å². The number of nitrogens with two attached hydrogens (primary N) is 1. The fourth-order valence-corrected chi connectivity index (χ4v) is 3.48. The first-order valence-corrected chi connectivity index (χ1v) is 7.69. The van der Waals surface area contributed by atoms with Crippen molar-refractivity contribution < 1.29 is 0 Å². The monoisotopic (exact) mass is 285 g/mol. The lowest BCUT2D eigenvalue weighted by molar-refractivity contribution is 0.402. The maximum Gasteiger partial charge on any atom is 0.0408 e. The number of benzene rings is 2. The third-order valence-corrected chi connectivity index (χ3v) is 4.57. The van der Waals surface area contributed by atoms with E-state index in [1.807, 2.05) is 12.1 Å². The Morgan fingerprint density at radius 2 is 1.95 bits per heavy atom. The summed E-state index contributed by atoms with van der Waals surface area (Å²) in [5.41, 5.74) is 10.6. The SMILES string of the molecule is NC1c2ccccc2CCCC1Cc1cccc(Cl)c1. The van der Waals surface area contributed by atoms with Crippen LogP contribution in [0.4, 0.5) is 0 Å². The quantitative estimate of drug-likeness (QED) is 0.806. The summed E-state index contributed by atoms with van der Waals surface area (Å²) in [6.45, 7) is 0. The van der Waals surface area contributed by atoms with Crippen molar-refractivity contribution in [1.29, 1.82) is 0 Å². The molecule has 0 heterocycles. The summed E-state index contributed by atoms with van der Waals surface area (Å²) in [4.78, 5) is 0. The lowest BCUT2D eigenvalue weighted by Crippen LogP contribution is -2.22. The van der Waals surface area contributed by atoms with Gasteiger partial charge in [-0.1, -0.05) is 48.0 Å². The van der Waals surface area contributed by atoms with Crippen LogP contribution in [0.15, 0.2) is 48.5 Å². The Hall–Kier alpha value is -1.31. The molecule has 0 radical (unpaired) electrons. The highest BCUT2D eigenvalue weighted by molar-refractivity contribution is 6.30. The number of rotatable bonds is 2. The van der Waals surface area contributed by atoms with Crippen LogP contribution < -0.4 is 5.73 Å². The Bertz CT molecular complexity index is 593. The molecule has 2 aromatic rings. The lowest BCUT2D eigenvalue weighted by atomic mass is 9.86. The molecule has 1 nitrogen and oxygen atoms in total. The van der Waals surface area contributed by atoms with E-state index in [4.69, 9.17) is 17.3 Å². The predicted molar refractivity (Wildman–Crippen MR) is 85.0 cm³/mol. The van der Waals surface area contributed by atoms with Crippen LogP contribution in [0.2, 0.25) is 5.02 Å². The molecule has 1 aliphatic carbocycles. The fourth-order valence-electron chi connectivity index (χ4n) is 3.27. The normalized spacial score (nSPS) is 22.1. The van der Waals surface area contributed by atoms with Crippen LogP contribution in [0.1, 0.15) is 35.6 Å². The van der Waals surface area contributed by atoms with E-state index in [2.05, 4.69) is 36.4 Å². The van der Waals surface area contributed by atoms with Gasteiger partial charge in [0.1, 0.15) is 0 Å². The molecule has 2 atom stereocenters. The maximum atomic E-state index is 6.54. The van der Waals surface area contributed by atoms with Gasteiger partial charge in [-0.2, -0.15) is 0 Å². The third kappa shape index (κ3) is 2.89. The first-order valence-electron chi connectivity index (χ1n) is 7.32. The van der Waals surface area contributed by atoms with Crippen molar-refractivity contribution in [2.45, 2.75) is 31.7 Å². The van der Waals surface area contributed by atoms with Gasteiger partial charge < -0.3 is 5.73 Å². The van der Waals surface area contributed by atoms with Gasteiger partial charge >= 0.3 is 0 Å². The standard InChI is InChI=1S/C18H20ClN/c19-16-9-3-5-13(12-16)11-15-8-4-7-14-6-1-2-10-17(14)18(15)20/h1-3,5-6,9-10,12,15,18H,4,7-8,11,20H2. The zero-order valence-corrected chi connectivity index (χ0v) is 12.3. The van der Waals surface area contributed by atoms with Crippen LogP contribution in [0, 0.1) is 5.92 Å². The molecule has 0 aromatic heterocycles. The van der Waals surface area contributed by atoms with Crippen molar-refractivity contribution in [3.63, 3.8) is 0 Å². The average molecular weight is 286 g/mol. The highest BCUT2D eigenvalue weighted by Gasteiger charge is 2.24. The summed E-state index contributed by atoms with van der Waals surface area (Å²) in [5.74, 6) is 0.497. The van der Waals surface area contributed by atoms with Gasteiger partial charge in [-0.3, -0.25) is 0 Å². The van der Waals surface area contributed by atoms with Crippen LogP contribution >= 0.6 is 11.6 Å². The molecule has 1 aliphatic rings. The first kappa shape index (κ1) is 13.7. The van der Waals surface area contributed by atoms with Crippen molar-refractivity contribution in [2.24, 2.45) is 11.7 Å². The summed E-state index contributed by atoms with van der Waals surface area (Å²) in [7, 11) is 0. The van der Waals surface area contributed by atoms with E-state index in [0.717, 1.165) is 17.9 Å². The summed E-state index contributed by atoms with van der Waals surface area (Å²) in [6.07, 6.45) is 4.56. The highest BCUT2D eigenvalue weighted by atomic mass is 35.5. The van der Waals surface area contributed by atoms with E-state index < -0.39 is 0 Å². The Morgan fingerprint density at radius 1 is 1.10 bits per heavy atom. The molecular formula is C18H20ClN. The number of fused-ring (bicyclic) bond motifs is 1. The van der Waals surface area contributed by atoms with Gasteiger partial charge in [-0.15, -0.1) is 0 Å². The van der Waals surface area contributed by atoms with Crippen LogP contribution in [0.3, 0.4) is 0 Å². The van der Waals surface area contributed by atoms with Gasteiger partial charge in [0.2, 0.25) is 0 Å². The van der Waals surface area contributed by atoms with Gasteiger partial charge in [0.15, 0.2) is 0 Å². The van der Waals surface area contributed by atoms with Crippen molar-refractivity contribution >= 4 is 11.6 Å². The zero-order chi connectivity index (χ0) is 13.9. The van der Waals surface area contributed by atoms with Gasteiger partial charge in [0, 0.05) is 11.1 Å². The third-order valence-electron chi connectivity index (χ3n) is 4.33. The second-order valence-corrected chi connectivity index (χ2v) is 6.15. The molecule has 2 aromatic carbocycles. The molecule has 0 bridgehead atoms. The number of hydrogen-bond acceptors (Lipinski definition) is 1. The van der Waals surface area contributed by atoms with E-state index >= 15 is 0 Å². The Kier molecular flexibility index (Phi) is 4.09. The Morgan fingerprint density at radius 3 is 2.80 bits per heavy atom. The van der Waals surface area contributed by atoms with Crippen molar-refractivity contribution in [2.75, 3.05) is 0 Å². The second kappa shape index (κ2) is 5.99. The Labute approximate surface area is 125 Å². The van der Waals surface area contributed by atoms with Crippen LogP contribution in [0.5, 0.6) is 0 Å². The topological polar surface area (TPSA) is 26.0 Å². The minimum absolute atomic E-state index is 0.132. The van der Waals surface area contributed by atoms with Crippen molar-refractivity contribution in [3.05, 3.63) is 70.2 Å². The molecule has 3 rings (SSSR count). The van der Waals surface area contributed by atoms with Gasteiger partial charge in [-0.25, -0.2) is 0 Å². The van der Waals surface area contributed by atoms with Crippen molar-refractivity contribution in [1.82, 2.24) is 0 Å². The van der Waals surface area contributed by atoms with E-state index in [9.17, 15) is 0 Å². The van der Waals surface area contributed by atoms with Crippen molar-refractivity contribution in [3.8, 4) is 0 Å². The van der Waals surface area contributed by atoms with E-state index in [0.29, 0.717) is 5.92 Å². The second-order valence-electron chi connectivity index (χ2n) is 5.71. The molecule has 0 saturated heterocycles. The summed E-state index contributed by atoms with van der Waals surface area (Å²) >= 11 is 6.08. The molecular weight excluding hydrogens is 266 g/mol. The summed E-state index contributed by atoms with van der Waals surface area (Å²) < 4.78 is 0. The smallest absolute Gasteiger partial charge is 0.0408 e. The van der Waals surface area contributed by atoms with Gasteiger partial charge in [0.25, 0.3) is 0 Å². The lowest BCUT2D eigenvalue weighted by Gasteiger charge is -2.23. The van der Waals surface area contributed by atoms with E-state index in [-0.39, 0.29) is 6.04 Å². The molecule has 104 valence electrons. The summed E-state index contributed by atoms with van der Waals surface area (Å²) in [5, 5.41) is 0.810. The average Bonchev–Trinajstić information content (AvgIpc) is 2.60. The van der Waals surface area contributed by atoms with Crippen LogP contribution in [-0.2, 0) is 12.8 Å². The van der Waals surface area contributed by atoms with Crippen LogP contribution in [0.25, 0.3) is 0 Å². The molecule has 0 fully saturated rings. The number of halogens is 1. The fraction of sp³-hybridized carbons (Fsp3) is 0.333. The minimum atomic E-state index is 0.132. The minimum Gasteiger partial charge on any atom is -0.324 e. The molecule has 0 amide bonds. The molecule has 0 spiro atoms. The summed E-state index contributed by atoms with van der Waals surface area (Å²) in [6, 6.07) is 16.9. The number of hydrogen-bond donors (Lipinski definition) is 1.